The molecule has 0 aliphatic carbocycles. The van der Waals surface area contributed by atoms with Gasteiger partial charge in [-0.2, -0.15) is 0 Å². The number of Topliss-reactive ketones (excluding diaryl/α,β-unsaturated/α-hetero) is 1. The third kappa shape index (κ3) is 3.48. The molecule has 0 spiro atoms. The largest absolute Gasteiger partial charge is 0.508 e. The normalized spacial score (nSPS) is 18.4. The first-order valence-electron chi connectivity index (χ1n) is 8.57. The number of methoxy groups -OCH3 is 1. The number of fused-ring (bicyclic) bond motifs is 1. The minimum atomic E-state index is -1.47. The molecule has 0 bridgehead atoms. The van der Waals surface area contributed by atoms with E-state index >= 15 is 0 Å². The number of hydrogen-bond acceptors (Lipinski definition) is 6. The van der Waals surface area contributed by atoms with E-state index in [9.17, 15) is 20.1 Å². The van der Waals surface area contributed by atoms with Gasteiger partial charge in [0, 0.05) is 11.6 Å². The highest BCUT2D eigenvalue weighted by atomic mass is 16.5. The van der Waals surface area contributed by atoms with Crippen molar-refractivity contribution >= 4 is 5.78 Å². The number of benzene rings is 2. The fraction of sp³-hybridized carbons (Fsp3) is 0.286. The SMILES string of the molecule is COc1cc(O)c2c(c1CC=C(C)C)O[C@H](c1ccc(O)cc1)[C@@H](O)C2=O. The number of ketones is 1. The average Bonchev–Trinajstić information content (AvgIpc) is 2.63. The Morgan fingerprint density at radius 2 is 1.89 bits per heavy atom. The Balaban J connectivity index is 2.15. The van der Waals surface area contributed by atoms with Gasteiger partial charge < -0.3 is 24.8 Å². The molecule has 0 amide bonds. The van der Waals surface area contributed by atoms with Crippen molar-refractivity contribution in [3.63, 3.8) is 0 Å². The summed E-state index contributed by atoms with van der Waals surface area (Å²) in [5, 5.41) is 30.3. The van der Waals surface area contributed by atoms with E-state index in [0.717, 1.165) is 5.57 Å². The summed E-state index contributed by atoms with van der Waals surface area (Å²) in [6.07, 6.45) is -0.0242. The predicted molar refractivity (Wildman–Crippen MR) is 99.6 cm³/mol. The highest BCUT2D eigenvalue weighted by Crippen LogP contribution is 2.46. The molecule has 1 aliphatic rings. The average molecular weight is 370 g/mol. The molecule has 3 N–H and O–H groups in total. The van der Waals surface area contributed by atoms with Crippen LogP contribution in [0.1, 0.15) is 41.4 Å². The van der Waals surface area contributed by atoms with Gasteiger partial charge in [0.25, 0.3) is 0 Å². The molecule has 0 aromatic heterocycles. The molecule has 0 fully saturated rings. The maximum atomic E-state index is 12.8. The number of aliphatic hydroxyl groups is 1. The van der Waals surface area contributed by atoms with Gasteiger partial charge in [0.15, 0.2) is 12.2 Å². The highest BCUT2D eigenvalue weighted by Gasteiger charge is 2.40. The topological polar surface area (TPSA) is 96.2 Å². The van der Waals surface area contributed by atoms with Gasteiger partial charge in [0.1, 0.15) is 28.6 Å². The van der Waals surface area contributed by atoms with Crippen molar-refractivity contribution in [2.45, 2.75) is 32.5 Å². The first-order valence-corrected chi connectivity index (χ1v) is 8.57. The maximum absolute atomic E-state index is 12.8. The lowest BCUT2D eigenvalue weighted by molar-refractivity contribution is 0.0206. The van der Waals surface area contributed by atoms with Gasteiger partial charge >= 0.3 is 0 Å². The number of carbonyl (C=O) groups excluding carboxylic acids is 1. The summed E-state index contributed by atoms with van der Waals surface area (Å²) in [5.74, 6) is -0.238. The van der Waals surface area contributed by atoms with Gasteiger partial charge in [-0.05, 0) is 38.0 Å². The molecule has 6 nitrogen and oxygen atoms in total. The van der Waals surface area contributed by atoms with E-state index in [-0.39, 0.29) is 22.8 Å². The Hall–Kier alpha value is -2.99. The second-order valence-electron chi connectivity index (χ2n) is 6.71. The van der Waals surface area contributed by atoms with Crippen LogP contribution < -0.4 is 9.47 Å². The molecule has 2 aromatic rings. The van der Waals surface area contributed by atoms with Gasteiger partial charge in [-0.1, -0.05) is 23.8 Å². The number of allylic oxidation sites excluding steroid dienone is 2. The number of aromatic hydroxyl groups is 2. The molecule has 3 rings (SSSR count). The standard InChI is InChI=1S/C21H22O6/c1-11(2)4-9-14-16(26-3)10-15(23)17-18(24)19(25)20(27-21(14)17)12-5-7-13(22)8-6-12/h4-8,10,19-20,22-23,25H,9H2,1-3H3/t19-,20+/m0/s1. The molecule has 1 heterocycles. The molecule has 0 unspecified atom stereocenters. The Morgan fingerprint density at radius 1 is 1.22 bits per heavy atom. The van der Waals surface area contributed by atoms with Crippen LogP contribution in [0.3, 0.4) is 0 Å². The van der Waals surface area contributed by atoms with Crippen molar-refractivity contribution in [2.75, 3.05) is 7.11 Å². The van der Waals surface area contributed by atoms with Crippen LogP contribution in [0.2, 0.25) is 0 Å². The molecular formula is C21H22O6. The second kappa shape index (κ2) is 7.32. The monoisotopic (exact) mass is 370 g/mol. The summed E-state index contributed by atoms with van der Waals surface area (Å²) in [6.45, 7) is 3.91. The van der Waals surface area contributed by atoms with Gasteiger partial charge in [0.05, 0.1) is 7.11 Å². The molecule has 1 aliphatic heterocycles. The first kappa shape index (κ1) is 18.8. The van der Waals surface area contributed by atoms with Gasteiger partial charge in [-0.15, -0.1) is 0 Å². The van der Waals surface area contributed by atoms with Crippen molar-refractivity contribution in [1.82, 2.24) is 0 Å². The molecule has 0 saturated carbocycles. The fourth-order valence-electron chi connectivity index (χ4n) is 3.10. The van der Waals surface area contributed by atoms with Crippen LogP contribution in [-0.2, 0) is 6.42 Å². The van der Waals surface area contributed by atoms with Crippen LogP contribution in [0, 0.1) is 0 Å². The molecule has 27 heavy (non-hydrogen) atoms. The number of aliphatic hydroxyl groups excluding tert-OH is 1. The Labute approximate surface area is 157 Å². The zero-order valence-electron chi connectivity index (χ0n) is 15.4. The van der Waals surface area contributed by atoms with Crippen molar-refractivity contribution in [3.05, 3.63) is 58.7 Å². The fourth-order valence-corrected chi connectivity index (χ4v) is 3.10. The first-order chi connectivity index (χ1) is 12.8. The summed E-state index contributed by atoms with van der Waals surface area (Å²) >= 11 is 0. The second-order valence-corrected chi connectivity index (χ2v) is 6.71. The lowest BCUT2D eigenvalue weighted by Gasteiger charge is -2.32. The number of ether oxygens (including phenoxy) is 2. The van der Waals surface area contributed by atoms with E-state index in [1.54, 1.807) is 12.1 Å². The van der Waals surface area contributed by atoms with Crippen LogP contribution >= 0.6 is 0 Å². The number of hydrogen-bond donors (Lipinski definition) is 3. The van der Waals surface area contributed by atoms with Crippen LogP contribution in [0.25, 0.3) is 0 Å². The molecule has 6 heteroatoms. The van der Waals surface area contributed by atoms with Crippen LogP contribution in [0.5, 0.6) is 23.0 Å². The Morgan fingerprint density at radius 3 is 2.48 bits per heavy atom. The zero-order valence-corrected chi connectivity index (χ0v) is 15.4. The summed E-state index contributed by atoms with van der Waals surface area (Å²) < 4.78 is 11.4. The smallest absolute Gasteiger partial charge is 0.202 e. The minimum absolute atomic E-state index is 0.0458. The molecule has 2 atom stereocenters. The predicted octanol–water partition coefficient (Wildman–Crippen LogP) is 3.29. The van der Waals surface area contributed by atoms with E-state index in [0.29, 0.717) is 23.3 Å². The Kier molecular flexibility index (Phi) is 5.10. The third-order valence-electron chi connectivity index (χ3n) is 4.53. The third-order valence-corrected chi connectivity index (χ3v) is 4.53. The van der Waals surface area contributed by atoms with Crippen LogP contribution in [0.4, 0.5) is 0 Å². The molecule has 142 valence electrons. The molecule has 0 saturated heterocycles. The summed E-state index contributed by atoms with van der Waals surface area (Å²) in [4.78, 5) is 12.8. The van der Waals surface area contributed by atoms with E-state index < -0.39 is 18.0 Å². The maximum Gasteiger partial charge on any atom is 0.202 e. The van der Waals surface area contributed by atoms with Gasteiger partial charge in [0.2, 0.25) is 5.78 Å². The van der Waals surface area contributed by atoms with Gasteiger partial charge in [-0.25, -0.2) is 0 Å². The van der Waals surface area contributed by atoms with Crippen LogP contribution in [0.15, 0.2) is 42.0 Å². The minimum Gasteiger partial charge on any atom is -0.508 e. The zero-order chi connectivity index (χ0) is 19.7. The molecule has 2 aromatic carbocycles. The number of carbonyl (C=O) groups is 1. The van der Waals surface area contributed by atoms with Crippen LogP contribution in [-0.4, -0.2) is 34.3 Å². The van der Waals surface area contributed by atoms with E-state index in [4.69, 9.17) is 9.47 Å². The van der Waals surface area contributed by atoms with Crippen molar-refractivity contribution < 1.29 is 29.6 Å². The summed E-state index contributed by atoms with van der Waals surface area (Å²) in [6, 6.07) is 7.44. The number of phenolic OH excluding ortho intramolecular Hbond substituents is 2. The quantitative estimate of drug-likeness (QED) is 0.715. The van der Waals surface area contributed by atoms with E-state index in [1.165, 1.54) is 25.3 Å². The highest BCUT2D eigenvalue weighted by molar-refractivity contribution is 6.06. The molecule has 0 radical (unpaired) electrons. The van der Waals surface area contributed by atoms with Crippen molar-refractivity contribution in [3.8, 4) is 23.0 Å². The lowest BCUT2D eigenvalue weighted by atomic mass is 9.90. The van der Waals surface area contributed by atoms with Crippen molar-refractivity contribution in [2.24, 2.45) is 0 Å². The van der Waals surface area contributed by atoms with Gasteiger partial charge in [-0.3, -0.25) is 4.79 Å². The molecular weight excluding hydrogens is 348 g/mol. The summed E-state index contributed by atoms with van der Waals surface area (Å²) in [5.41, 5.74) is 2.19. The number of phenols is 2. The van der Waals surface area contributed by atoms with Crippen molar-refractivity contribution in [1.29, 1.82) is 0 Å². The van der Waals surface area contributed by atoms with E-state index in [1.807, 2.05) is 19.9 Å². The summed E-state index contributed by atoms with van der Waals surface area (Å²) in [7, 11) is 1.48. The lowest BCUT2D eigenvalue weighted by Crippen LogP contribution is -2.36. The number of rotatable bonds is 4. The Bertz CT molecular complexity index is 894. The van der Waals surface area contributed by atoms with E-state index in [2.05, 4.69) is 0 Å².